The van der Waals surface area contributed by atoms with Gasteiger partial charge in [-0.2, -0.15) is 8.78 Å². The molecule has 1 aromatic carbocycles. The van der Waals surface area contributed by atoms with E-state index in [1.165, 1.54) is 36.8 Å². The summed E-state index contributed by atoms with van der Waals surface area (Å²) in [4.78, 5) is 32.7. The lowest BCUT2D eigenvalue weighted by molar-refractivity contribution is -0.0497. The summed E-state index contributed by atoms with van der Waals surface area (Å²) in [5.74, 6) is -1.20. The van der Waals surface area contributed by atoms with Gasteiger partial charge in [-0.1, -0.05) is 0 Å². The molecule has 124 valence electrons. The molecular weight excluding hydrogens is 324 g/mol. The number of aromatic amines is 2. The molecule has 0 aliphatic rings. The van der Waals surface area contributed by atoms with Gasteiger partial charge in [-0.15, -0.1) is 0 Å². The van der Waals surface area contributed by atoms with Crippen molar-refractivity contribution in [3.05, 3.63) is 48.2 Å². The van der Waals surface area contributed by atoms with E-state index < -0.39 is 18.4 Å². The van der Waals surface area contributed by atoms with Gasteiger partial charge >= 0.3 is 6.61 Å². The maximum Gasteiger partial charge on any atom is 0.387 e. The molecule has 2 amide bonds. The van der Waals surface area contributed by atoms with Crippen LogP contribution in [0.15, 0.2) is 36.8 Å². The number of fused-ring (bicyclic) bond motifs is 1. The first-order valence-corrected chi connectivity index (χ1v) is 6.69. The van der Waals surface area contributed by atoms with Gasteiger partial charge in [0.05, 0.1) is 12.5 Å². The Labute approximate surface area is 133 Å². The minimum Gasteiger partial charge on any atom is -0.435 e. The summed E-state index contributed by atoms with van der Waals surface area (Å²) in [7, 11) is 0. The van der Waals surface area contributed by atoms with Gasteiger partial charge in [0.15, 0.2) is 0 Å². The molecule has 0 atom stereocenters. The fraction of sp³-hybridized carbons (Fsp3) is 0.0714. The highest BCUT2D eigenvalue weighted by molar-refractivity contribution is 6.00. The highest BCUT2D eigenvalue weighted by atomic mass is 19.3. The number of alkyl halides is 2. The Morgan fingerprint density at radius 2 is 1.88 bits per heavy atom. The highest BCUT2D eigenvalue weighted by Crippen LogP contribution is 2.22. The Kier molecular flexibility index (Phi) is 4.10. The smallest absolute Gasteiger partial charge is 0.387 e. The summed E-state index contributed by atoms with van der Waals surface area (Å²) in [5.41, 5.74) is 5.20. The fourth-order valence-corrected chi connectivity index (χ4v) is 2.03. The molecular formula is C14H11F2N5O3. The number of nitrogens with one attached hydrogen (secondary N) is 4. The minimum absolute atomic E-state index is 0.0288. The van der Waals surface area contributed by atoms with Crippen LogP contribution in [0.25, 0.3) is 10.9 Å². The topological polar surface area (TPSA) is 112 Å². The number of halogens is 2. The molecule has 0 fully saturated rings. The SMILES string of the molecule is O=C(NNC(=O)c1cc2ccc(OC(F)F)cc2[nH]1)c1cnc[nH]1. The zero-order chi connectivity index (χ0) is 17.1. The molecule has 24 heavy (non-hydrogen) atoms. The van der Waals surface area contributed by atoms with Crippen LogP contribution >= 0.6 is 0 Å². The molecule has 0 unspecified atom stereocenters. The molecule has 3 rings (SSSR count). The molecule has 0 saturated heterocycles. The minimum atomic E-state index is -2.93. The Morgan fingerprint density at radius 3 is 2.54 bits per heavy atom. The summed E-state index contributed by atoms with van der Waals surface area (Å²) in [5, 5.41) is 0.627. The van der Waals surface area contributed by atoms with E-state index in [4.69, 9.17) is 0 Å². The van der Waals surface area contributed by atoms with Crippen molar-refractivity contribution in [3.8, 4) is 5.75 Å². The van der Waals surface area contributed by atoms with Gasteiger partial charge in [-0.25, -0.2) is 4.98 Å². The number of ether oxygens (including phenoxy) is 1. The number of hydrogen-bond acceptors (Lipinski definition) is 4. The fourth-order valence-electron chi connectivity index (χ4n) is 2.03. The third-order valence-electron chi connectivity index (χ3n) is 3.10. The van der Waals surface area contributed by atoms with E-state index >= 15 is 0 Å². The number of aromatic nitrogens is 3. The van der Waals surface area contributed by atoms with Crippen LogP contribution < -0.4 is 15.6 Å². The lowest BCUT2D eigenvalue weighted by Gasteiger charge is -2.04. The molecule has 2 aromatic heterocycles. The first-order valence-electron chi connectivity index (χ1n) is 6.69. The molecule has 8 nitrogen and oxygen atoms in total. The molecule has 2 heterocycles. The van der Waals surface area contributed by atoms with Crippen LogP contribution in [0.5, 0.6) is 5.75 Å². The third-order valence-corrected chi connectivity index (χ3v) is 3.10. The van der Waals surface area contributed by atoms with Crippen molar-refractivity contribution in [2.45, 2.75) is 6.61 Å². The van der Waals surface area contributed by atoms with E-state index in [1.807, 2.05) is 0 Å². The van der Waals surface area contributed by atoms with Crippen molar-refractivity contribution < 1.29 is 23.1 Å². The average molecular weight is 335 g/mol. The van der Waals surface area contributed by atoms with Crippen LogP contribution in [-0.4, -0.2) is 33.4 Å². The number of hydrazine groups is 1. The van der Waals surface area contributed by atoms with Crippen LogP contribution in [0.3, 0.4) is 0 Å². The number of carbonyl (C=O) groups is 2. The number of carbonyl (C=O) groups excluding carboxylic acids is 2. The number of benzene rings is 1. The number of imidazole rings is 1. The van der Waals surface area contributed by atoms with Crippen molar-refractivity contribution in [1.82, 2.24) is 25.8 Å². The Hall–Kier alpha value is -3.43. The predicted molar refractivity (Wildman–Crippen MR) is 78.5 cm³/mol. The molecule has 0 spiro atoms. The van der Waals surface area contributed by atoms with Crippen molar-refractivity contribution in [1.29, 1.82) is 0 Å². The number of nitrogens with zero attached hydrogens (tertiary/aromatic N) is 1. The van der Waals surface area contributed by atoms with Crippen LogP contribution in [0.2, 0.25) is 0 Å². The Bertz CT molecular complexity index is 876. The first kappa shape index (κ1) is 15.5. The average Bonchev–Trinajstić information content (AvgIpc) is 3.20. The summed E-state index contributed by atoms with van der Waals surface area (Å²) in [6.45, 7) is -2.93. The number of H-pyrrole nitrogens is 2. The predicted octanol–water partition coefficient (Wildman–Crippen LogP) is 1.57. The lowest BCUT2D eigenvalue weighted by Crippen LogP contribution is -2.41. The number of hydrogen-bond donors (Lipinski definition) is 4. The second-order valence-corrected chi connectivity index (χ2v) is 4.68. The zero-order valence-corrected chi connectivity index (χ0v) is 12.0. The van der Waals surface area contributed by atoms with Gasteiger partial charge in [0, 0.05) is 17.0 Å². The molecule has 0 radical (unpaired) electrons. The van der Waals surface area contributed by atoms with Crippen molar-refractivity contribution in [3.63, 3.8) is 0 Å². The molecule has 0 bridgehead atoms. The van der Waals surface area contributed by atoms with Gasteiger partial charge in [0.25, 0.3) is 11.8 Å². The first-order chi connectivity index (χ1) is 11.5. The van der Waals surface area contributed by atoms with E-state index in [0.29, 0.717) is 10.9 Å². The number of amides is 2. The van der Waals surface area contributed by atoms with Gasteiger partial charge < -0.3 is 14.7 Å². The lowest BCUT2D eigenvalue weighted by atomic mass is 10.2. The molecule has 0 saturated carbocycles. The van der Waals surface area contributed by atoms with Crippen molar-refractivity contribution in [2.75, 3.05) is 0 Å². The standard InChI is InChI=1S/C14H11F2N5O3/c15-14(16)24-8-2-1-7-3-10(19-9(7)4-8)12(22)20-21-13(23)11-5-17-6-18-11/h1-6,14,19H,(H,17,18)(H,20,22)(H,21,23). The Morgan fingerprint density at radius 1 is 1.12 bits per heavy atom. The van der Waals surface area contributed by atoms with E-state index in [1.54, 1.807) is 0 Å². The molecule has 0 aliphatic heterocycles. The quantitative estimate of drug-likeness (QED) is 0.542. The maximum atomic E-state index is 12.2. The zero-order valence-electron chi connectivity index (χ0n) is 12.0. The van der Waals surface area contributed by atoms with Gasteiger partial charge in [0.2, 0.25) is 0 Å². The Balaban J connectivity index is 1.69. The van der Waals surface area contributed by atoms with Crippen molar-refractivity contribution in [2.24, 2.45) is 0 Å². The third kappa shape index (κ3) is 3.32. The van der Waals surface area contributed by atoms with E-state index in [0.717, 1.165) is 0 Å². The second kappa shape index (κ2) is 6.36. The van der Waals surface area contributed by atoms with E-state index in [9.17, 15) is 18.4 Å². The van der Waals surface area contributed by atoms with E-state index in [2.05, 4.69) is 30.5 Å². The largest absolute Gasteiger partial charge is 0.435 e. The van der Waals surface area contributed by atoms with Gasteiger partial charge in [-0.3, -0.25) is 20.4 Å². The van der Waals surface area contributed by atoms with Gasteiger partial charge in [-0.05, 0) is 18.2 Å². The second-order valence-electron chi connectivity index (χ2n) is 4.68. The van der Waals surface area contributed by atoms with Crippen LogP contribution in [-0.2, 0) is 0 Å². The molecule has 10 heteroatoms. The summed E-state index contributed by atoms with van der Waals surface area (Å²) < 4.78 is 28.7. The van der Waals surface area contributed by atoms with Crippen LogP contribution in [0.4, 0.5) is 8.78 Å². The summed E-state index contributed by atoms with van der Waals surface area (Å²) in [6.07, 6.45) is 2.63. The van der Waals surface area contributed by atoms with Crippen LogP contribution in [0, 0.1) is 0 Å². The summed E-state index contributed by atoms with van der Waals surface area (Å²) >= 11 is 0. The molecule has 4 N–H and O–H groups in total. The summed E-state index contributed by atoms with van der Waals surface area (Å²) in [6, 6.07) is 5.76. The normalized spacial score (nSPS) is 10.8. The maximum absolute atomic E-state index is 12.2. The van der Waals surface area contributed by atoms with Gasteiger partial charge in [0.1, 0.15) is 17.1 Å². The highest BCUT2D eigenvalue weighted by Gasteiger charge is 2.13. The van der Waals surface area contributed by atoms with Crippen LogP contribution in [0.1, 0.15) is 21.0 Å². The van der Waals surface area contributed by atoms with E-state index in [-0.39, 0.29) is 17.1 Å². The monoisotopic (exact) mass is 335 g/mol. The molecule has 3 aromatic rings. The number of rotatable bonds is 4. The molecule has 0 aliphatic carbocycles. The van der Waals surface area contributed by atoms with Crippen molar-refractivity contribution >= 4 is 22.7 Å².